The molecule has 0 fully saturated rings. The van der Waals surface area contributed by atoms with Crippen molar-refractivity contribution in [2.75, 3.05) is 18.1 Å². The van der Waals surface area contributed by atoms with Crippen molar-refractivity contribution in [3.8, 4) is 5.75 Å². The number of anilines is 1. The number of benzene rings is 2. The second-order valence-corrected chi connectivity index (χ2v) is 11.0. The second kappa shape index (κ2) is 10.6. The van der Waals surface area contributed by atoms with Crippen LogP contribution in [0.1, 0.15) is 42.5 Å². The van der Waals surface area contributed by atoms with E-state index in [0.717, 1.165) is 32.2 Å². The molecule has 0 atom stereocenters. The van der Waals surface area contributed by atoms with Gasteiger partial charge in [-0.1, -0.05) is 37.3 Å². The highest BCUT2D eigenvalue weighted by Crippen LogP contribution is 2.35. The van der Waals surface area contributed by atoms with Gasteiger partial charge in [-0.05, 0) is 57.2 Å². The number of thiazole rings is 1. The fraction of sp³-hybridized carbons (Fsp3) is 0.346. The van der Waals surface area contributed by atoms with Gasteiger partial charge in [-0.15, -0.1) is 11.8 Å². The Morgan fingerprint density at radius 1 is 1.18 bits per heavy atom. The number of hydrogen-bond acceptors (Lipinski definition) is 6. The Morgan fingerprint density at radius 2 is 1.97 bits per heavy atom. The maximum Gasteiger partial charge on any atom is 0.260 e. The molecule has 0 spiro atoms. The van der Waals surface area contributed by atoms with Gasteiger partial charge in [0.1, 0.15) is 11.3 Å². The number of thioether (sulfide) groups is 1. The van der Waals surface area contributed by atoms with E-state index in [1.54, 1.807) is 16.7 Å². The summed E-state index contributed by atoms with van der Waals surface area (Å²) in [6.45, 7) is 11.9. The second-order valence-electron chi connectivity index (χ2n) is 8.33. The van der Waals surface area contributed by atoms with Crippen molar-refractivity contribution in [1.29, 1.82) is 0 Å². The zero-order valence-corrected chi connectivity index (χ0v) is 21.9. The summed E-state index contributed by atoms with van der Waals surface area (Å²) in [4.78, 5) is 21.5. The number of carbonyl (C=O) groups is 1. The molecular formula is C26H30N4O2S2. The molecule has 2 heterocycles. The van der Waals surface area contributed by atoms with Crippen molar-refractivity contribution >= 4 is 44.4 Å². The van der Waals surface area contributed by atoms with E-state index in [2.05, 4.69) is 18.9 Å². The number of fused-ring (bicyclic) bond motifs is 1. The summed E-state index contributed by atoms with van der Waals surface area (Å²) in [7, 11) is 0. The Hall–Kier alpha value is -2.84. The summed E-state index contributed by atoms with van der Waals surface area (Å²) in [5.41, 5.74) is 3.49. The van der Waals surface area contributed by atoms with Crippen LogP contribution in [0.15, 0.2) is 53.4 Å². The highest BCUT2D eigenvalue weighted by Gasteiger charge is 2.23. The number of rotatable bonds is 9. The van der Waals surface area contributed by atoms with E-state index in [0.29, 0.717) is 35.6 Å². The van der Waals surface area contributed by atoms with Gasteiger partial charge in [0, 0.05) is 27.9 Å². The Bertz CT molecular complexity index is 1300. The lowest BCUT2D eigenvalue weighted by atomic mass is 10.2. The number of amides is 1. The van der Waals surface area contributed by atoms with Gasteiger partial charge in [0.15, 0.2) is 5.13 Å². The minimum Gasteiger partial charge on any atom is -0.492 e. The first kappa shape index (κ1) is 24.3. The normalized spacial score (nSPS) is 11.4. The summed E-state index contributed by atoms with van der Waals surface area (Å²) >= 11 is 3.26. The fourth-order valence-corrected chi connectivity index (χ4v) is 5.71. The van der Waals surface area contributed by atoms with Crippen LogP contribution in [-0.2, 0) is 6.54 Å². The molecule has 0 radical (unpaired) electrons. The quantitative estimate of drug-likeness (QED) is 0.254. The van der Waals surface area contributed by atoms with E-state index in [1.165, 1.54) is 11.3 Å². The molecule has 178 valence electrons. The van der Waals surface area contributed by atoms with Gasteiger partial charge in [-0.2, -0.15) is 5.10 Å². The van der Waals surface area contributed by atoms with E-state index >= 15 is 0 Å². The number of hydrogen-bond donors (Lipinski definition) is 0. The van der Waals surface area contributed by atoms with Crippen LogP contribution in [0.5, 0.6) is 5.75 Å². The predicted octanol–water partition coefficient (Wildman–Crippen LogP) is 6.36. The molecule has 4 aromatic rings. The number of aryl methyl sites for hydroxylation is 2. The van der Waals surface area contributed by atoms with Crippen LogP contribution >= 0.6 is 23.1 Å². The van der Waals surface area contributed by atoms with E-state index in [1.807, 2.05) is 74.0 Å². The Balaban J connectivity index is 1.71. The van der Waals surface area contributed by atoms with Crippen molar-refractivity contribution in [2.24, 2.45) is 0 Å². The third kappa shape index (κ3) is 5.45. The molecule has 2 aromatic heterocycles. The molecule has 6 nitrogen and oxygen atoms in total. The lowest BCUT2D eigenvalue weighted by molar-refractivity contribution is 0.0985. The molecule has 1 amide bonds. The Labute approximate surface area is 209 Å². The number of carbonyl (C=O) groups excluding carboxylic acids is 1. The summed E-state index contributed by atoms with van der Waals surface area (Å²) < 4.78 is 8.72. The zero-order valence-electron chi connectivity index (χ0n) is 20.2. The molecule has 0 unspecified atom stereocenters. The summed E-state index contributed by atoms with van der Waals surface area (Å²) in [6.07, 6.45) is 0. The largest absolute Gasteiger partial charge is 0.492 e. The lowest BCUT2D eigenvalue weighted by Gasteiger charge is -2.21. The van der Waals surface area contributed by atoms with Crippen molar-refractivity contribution in [3.05, 3.63) is 65.5 Å². The van der Waals surface area contributed by atoms with E-state index in [4.69, 9.17) is 9.72 Å². The minimum absolute atomic E-state index is 0.0650. The van der Waals surface area contributed by atoms with Gasteiger partial charge in [0.2, 0.25) is 0 Å². The third-order valence-electron chi connectivity index (χ3n) is 5.24. The van der Waals surface area contributed by atoms with E-state index in [-0.39, 0.29) is 5.91 Å². The Kier molecular flexibility index (Phi) is 7.58. The van der Waals surface area contributed by atoms with Gasteiger partial charge in [0.25, 0.3) is 5.91 Å². The third-order valence-corrected chi connectivity index (χ3v) is 7.28. The molecule has 4 rings (SSSR count). The smallest absolute Gasteiger partial charge is 0.260 e. The van der Waals surface area contributed by atoms with Gasteiger partial charge in [-0.25, -0.2) is 4.98 Å². The van der Waals surface area contributed by atoms with Crippen LogP contribution in [-0.4, -0.2) is 39.1 Å². The fourth-order valence-electron chi connectivity index (χ4n) is 3.81. The van der Waals surface area contributed by atoms with Crippen molar-refractivity contribution < 1.29 is 9.53 Å². The molecule has 0 aliphatic rings. The summed E-state index contributed by atoms with van der Waals surface area (Å²) in [5, 5.41) is 5.68. The molecule has 0 aliphatic carbocycles. The number of nitrogens with zero attached hydrogens (tertiary/aromatic N) is 4. The predicted molar refractivity (Wildman–Crippen MR) is 142 cm³/mol. The average molecular weight is 495 g/mol. The molecule has 0 saturated carbocycles. The highest BCUT2D eigenvalue weighted by molar-refractivity contribution is 7.99. The lowest BCUT2D eigenvalue weighted by Crippen LogP contribution is -2.34. The number of aromatic nitrogens is 3. The monoisotopic (exact) mass is 494 g/mol. The van der Waals surface area contributed by atoms with E-state index in [9.17, 15) is 4.79 Å². The van der Waals surface area contributed by atoms with Gasteiger partial charge in [0.05, 0.1) is 23.5 Å². The molecule has 0 aliphatic heterocycles. The molecule has 2 aromatic carbocycles. The molecule has 8 heteroatoms. The molecule has 0 bridgehead atoms. The topological polar surface area (TPSA) is 60.2 Å². The zero-order chi connectivity index (χ0) is 24.2. The number of ether oxygens (including phenoxy) is 1. The van der Waals surface area contributed by atoms with Crippen LogP contribution < -0.4 is 9.64 Å². The molecule has 0 saturated heterocycles. The average Bonchev–Trinajstić information content (AvgIpc) is 3.36. The first-order valence-electron chi connectivity index (χ1n) is 11.5. The van der Waals surface area contributed by atoms with Gasteiger partial charge in [-0.3, -0.25) is 14.4 Å². The highest BCUT2D eigenvalue weighted by atomic mass is 32.2. The molecule has 0 N–H and O–H groups in total. The van der Waals surface area contributed by atoms with Crippen LogP contribution in [0, 0.1) is 13.8 Å². The van der Waals surface area contributed by atoms with Crippen molar-refractivity contribution in [1.82, 2.24) is 14.8 Å². The SMILES string of the molecule is CCOc1cccc2sc(N(CCn3nc(C)cc3C)C(=O)c3cccc(SC(C)C)c3)nc12. The first-order chi connectivity index (χ1) is 16.4. The summed E-state index contributed by atoms with van der Waals surface area (Å²) in [5.74, 6) is 0.675. The maximum atomic E-state index is 13.8. The van der Waals surface area contributed by atoms with E-state index < -0.39 is 0 Å². The minimum atomic E-state index is -0.0650. The van der Waals surface area contributed by atoms with Crippen LogP contribution in [0.2, 0.25) is 0 Å². The first-order valence-corrected chi connectivity index (χ1v) is 13.2. The van der Waals surface area contributed by atoms with Crippen LogP contribution in [0.3, 0.4) is 0 Å². The molecular weight excluding hydrogens is 464 g/mol. The van der Waals surface area contributed by atoms with Crippen molar-refractivity contribution in [2.45, 2.75) is 51.3 Å². The van der Waals surface area contributed by atoms with Gasteiger partial charge < -0.3 is 4.74 Å². The summed E-state index contributed by atoms with van der Waals surface area (Å²) in [6, 6.07) is 15.8. The maximum absolute atomic E-state index is 13.8. The van der Waals surface area contributed by atoms with Crippen LogP contribution in [0.4, 0.5) is 5.13 Å². The van der Waals surface area contributed by atoms with Gasteiger partial charge >= 0.3 is 0 Å². The molecule has 34 heavy (non-hydrogen) atoms. The number of para-hydroxylation sites is 1. The Morgan fingerprint density at radius 3 is 2.68 bits per heavy atom. The standard InChI is InChI=1S/C26H30N4O2S2/c1-6-32-22-11-8-12-23-24(22)27-26(34-23)29(13-14-30-19(5)15-18(4)28-30)25(31)20-9-7-10-21(16-20)33-17(2)3/h7-12,15-17H,6,13-14H2,1-5H3. The van der Waals surface area contributed by atoms with Crippen molar-refractivity contribution in [3.63, 3.8) is 0 Å². The van der Waals surface area contributed by atoms with Crippen LogP contribution in [0.25, 0.3) is 10.2 Å².